The first kappa shape index (κ1) is 16.3. The number of nitrogens with one attached hydrogen (secondary N) is 2. The predicted octanol–water partition coefficient (Wildman–Crippen LogP) is 2.87. The SMILES string of the molecule is CNCc1cc(Br)cc(S(=O)(=O)Nc2nc(C)cs2)c1F. The predicted molar refractivity (Wildman–Crippen MR) is 84.5 cm³/mol. The Labute approximate surface area is 134 Å². The standard InChI is InChI=1S/C12H13BrFN3O2S2/c1-7-6-20-12(16-7)17-21(18,19)10-4-9(13)3-8(5-15-2)11(10)14/h3-4,6,15H,5H2,1-2H3,(H,16,17). The van der Waals surface area contributed by atoms with Crippen molar-refractivity contribution in [2.24, 2.45) is 0 Å². The van der Waals surface area contributed by atoms with Crippen LogP contribution in [0.5, 0.6) is 0 Å². The van der Waals surface area contributed by atoms with Gasteiger partial charge in [0, 0.05) is 22.0 Å². The largest absolute Gasteiger partial charge is 0.316 e. The number of anilines is 1. The Morgan fingerprint density at radius 1 is 1.43 bits per heavy atom. The molecule has 9 heteroatoms. The van der Waals surface area contributed by atoms with Gasteiger partial charge in [-0.1, -0.05) is 15.9 Å². The second-order valence-corrected chi connectivity index (χ2v) is 7.73. The zero-order chi connectivity index (χ0) is 15.6. The molecule has 0 aliphatic rings. The molecule has 0 fully saturated rings. The van der Waals surface area contributed by atoms with Crippen LogP contribution in [-0.2, 0) is 16.6 Å². The lowest BCUT2D eigenvalue weighted by Gasteiger charge is -2.10. The molecule has 0 aliphatic heterocycles. The number of hydrogen-bond donors (Lipinski definition) is 2. The van der Waals surface area contributed by atoms with Crippen molar-refractivity contribution in [1.82, 2.24) is 10.3 Å². The Hall–Kier alpha value is -1.03. The number of thiazole rings is 1. The van der Waals surface area contributed by atoms with Crippen molar-refractivity contribution < 1.29 is 12.8 Å². The summed E-state index contributed by atoms with van der Waals surface area (Å²) < 4.78 is 41.8. The molecule has 1 aromatic carbocycles. The molecule has 21 heavy (non-hydrogen) atoms. The lowest BCUT2D eigenvalue weighted by molar-refractivity contribution is 0.555. The van der Waals surface area contributed by atoms with Crippen LogP contribution >= 0.6 is 27.3 Å². The van der Waals surface area contributed by atoms with Crippen molar-refractivity contribution in [2.45, 2.75) is 18.4 Å². The summed E-state index contributed by atoms with van der Waals surface area (Å²) in [5.74, 6) is -0.770. The minimum atomic E-state index is -4.03. The first-order chi connectivity index (χ1) is 9.83. The van der Waals surface area contributed by atoms with Crippen LogP contribution in [0, 0.1) is 12.7 Å². The molecule has 0 saturated carbocycles. The summed E-state index contributed by atoms with van der Waals surface area (Å²) in [6.45, 7) is 1.98. The van der Waals surface area contributed by atoms with Crippen LogP contribution in [0.4, 0.5) is 9.52 Å². The number of aryl methyl sites for hydroxylation is 1. The van der Waals surface area contributed by atoms with Crippen LogP contribution in [0.25, 0.3) is 0 Å². The summed E-state index contributed by atoms with van der Waals surface area (Å²) in [6, 6.07) is 2.77. The van der Waals surface area contributed by atoms with Crippen LogP contribution < -0.4 is 10.0 Å². The number of nitrogens with zero attached hydrogens (tertiary/aromatic N) is 1. The molecular formula is C12H13BrFN3O2S2. The van der Waals surface area contributed by atoms with Gasteiger partial charge in [-0.2, -0.15) is 0 Å². The first-order valence-corrected chi connectivity index (χ1v) is 9.06. The summed E-state index contributed by atoms with van der Waals surface area (Å²) in [5.41, 5.74) is 0.964. The highest BCUT2D eigenvalue weighted by molar-refractivity contribution is 9.10. The monoisotopic (exact) mass is 393 g/mol. The highest BCUT2D eigenvalue weighted by Crippen LogP contribution is 2.26. The van der Waals surface area contributed by atoms with E-state index in [0.29, 0.717) is 10.2 Å². The highest BCUT2D eigenvalue weighted by Gasteiger charge is 2.23. The maximum atomic E-state index is 14.3. The van der Waals surface area contributed by atoms with Gasteiger partial charge in [-0.3, -0.25) is 4.72 Å². The molecule has 0 aliphatic carbocycles. The second-order valence-electron chi connectivity index (χ2n) is 4.31. The van der Waals surface area contributed by atoms with Crippen molar-refractivity contribution >= 4 is 42.4 Å². The lowest BCUT2D eigenvalue weighted by atomic mass is 10.2. The third-order valence-corrected chi connectivity index (χ3v) is 5.38. The van der Waals surface area contributed by atoms with E-state index in [-0.39, 0.29) is 17.2 Å². The number of hydrogen-bond acceptors (Lipinski definition) is 5. The highest BCUT2D eigenvalue weighted by atomic mass is 79.9. The third kappa shape index (κ3) is 3.79. The minimum absolute atomic E-state index is 0.210. The number of benzene rings is 1. The maximum absolute atomic E-state index is 14.3. The molecule has 2 rings (SSSR count). The van der Waals surface area contributed by atoms with Gasteiger partial charge in [0.15, 0.2) is 5.13 Å². The molecule has 0 radical (unpaired) electrons. The second kappa shape index (κ2) is 6.39. The van der Waals surface area contributed by atoms with Gasteiger partial charge in [-0.15, -0.1) is 11.3 Å². The molecule has 0 amide bonds. The molecule has 5 nitrogen and oxygen atoms in total. The Morgan fingerprint density at radius 2 is 2.14 bits per heavy atom. The third-order valence-electron chi connectivity index (χ3n) is 2.58. The van der Waals surface area contributed by atoms with E-state index in [1.807, 2.05) is 0 Å². The molecule has 0 bridgehead atoms. The van der Waals surface area contributed by atoms with Crippen molar-refractivity contribution in [3.05, 3.63) is 39.1 Å². The van der Waals surface area contributed by atoms with E-state index in [1.165, 1.54) is 6.07 Å². The zero-order valence-corrected chi connectivity index (χ0v) is 14.5. The minimum Gasteiger partial charge on any atom is -0.316 e. The van der Waals surface area contributed by atoms with Gasteiger partial charge in [0.05, 0.1) is 5.69 Å². The quantitative estimate of drug-likeness (QED) is 0.818. The fourth-order valence-corrected chi connectivity index (χ4v) is 4.45. The average Bonchev–Trinajstić information content (AvgIpc) is 2.78. The van der Waals surface area contributed by atoms with Crippen LogP contribution in [0.1, 0.15) is 11.3 Å². The van der Waals surface area contributed by atoms with Gasteiger partial charge in [0.25, 0.3) is 10.0 Å². The van der Waals surface area contributed by atoms with Crippen molar-refractivity contribution in [3.8, 4) is 0 Å². The normalized spacial score (nSPS) is 11.6. The van der Waals surface area contributed by atoms with E-state index < -0.39 is 20.7 Å². The summed E-state index contributed by atoms with van der Waals surface area (Å²) in [4.78, 5) is 3.61. The van der Waals surface area contributed by atoms with Crippen LogP contribution in [0.2, 0.25) is 0 Å². The molecular weight excluding hydrogens is 381 g/mol. The lowest BCUT2D eigenvalue weighted by Crippen LogP contribution is -2.17. The number of halogens is 2. The molecule has 1 heterocycles. The Kier molecular flexibility index (Phi) is 4.97. The molecule has 0 saturated heterocycles. The molecule has 0 unspecified atom stereocenters. The summed E-state index contributed by atoms with van der Waals surface area (Å²) >= 11 is 4.35. The molecule has 2 aromatic rings. The van der Waals surface area contributed by atoms with Crippen molar-refractivity contribution in [2.75, 3.05) is 11.8 Å². The molecule has 2 N–H and O–H groups in total. The van der Waals surface area contributed by atoms with E-state index in [0.717, 1.165) is 11.3 Å². The van der Waals surface area contributed by atoms with Gasteiger partial charge in [-0.05, 0) is 26.1 Å². The Morgan fingerprint density at radius 3 is 2.71 bits per heavy atom. The van der Waals surface area contributed by atoms with Gasteiger partial charge in [0.2, 0.25) is 0 Å². The fourth-order valence-electron chi connectivity index (χ4n) is 1.70. The number of sulfonamides is 1. The van der Waals surface area contributed by atoms with Crippen LogP contribution in [0.15, 0.2) is 26.9 Å². The van der Waals surface area contributed by atoms with Crippen molar-refractivity contribution in [1.29, 1.82) is 0 Å². The summed E-state index contributed by atoms with van der Waals surface area (Å²) in [5, 5.41) is 4.72. The van der Waals surface area contributed by atoms with Crippen LogP contribution in [0.3, 0.4) is 0 Å². The van der Waals surface area contributed by atoms with E-state index >= 15 is 0 Å². The van der Waals surface area contributed by atoms with Crippen LogP contribution in [-0.4, -0.2) is 20.4 Å². The topological polar surface area (TPSA) is 71.1 Å². The average molecular weight is 394 g/mol. The zero-order valence-electron chi connectivity index (χ0n) is 11.3. The summed E-state index contributed by atoms with van der Waals surface area (Å²) in [7, 11) is -2.37. The van der Waals surface area contributed by atoms with E-state index in [1.54, 1.807) is 25.4 Å². The Balaban J connectivity index is 2.44. The number of rotatable bonds is 5. The van der Waals surface area contributed by atoms with Crippen molar-refractivity contribution in [3.63, 3.8) is 0 Å². The molecule has 0 spiro atoms. The van der Waals surface area contributed by atoms with Gasteiger partial charge in [0.1, 0.15) is 10.7 Å². The van der Waals surface area contributed by atoms with E-state index in [2.05, 4.69) is 31.0 Å². The first-order valence-electron chi connectivity index (χ1n) is 5.91. The van der Waals surface area contributed by atoms with E-state index in [9.17, 15) is 12.8 Å². The summed E-state index contributed by atoms with van der Waals surface area (Å²) in [6.07, 6.45) is 0. The van der Waals surface area contributed by atoms with Gasteiger partial charge in [-0.25, -0.2) is 17.8 Å². The molecule has 114 valence electrons. The smallest absolute Gasteiger partial charge is 0.266 e. The molecule has 0 atom stereocenters. The van der Waals surface area contributed by atoms with E-state index in [4.69, 9.17) is 0 Å². The Bertz CT molecular complexity index is 762. The fraction of sp³-hybridized carbons (Fsp3) is 0.250. The maximum Gasteiger partial charge on any atom is 0.266 e. The molecule has 1 aromatic heterocycles. The number of aromatic nitrogens is 1. The van der Waals surface area contributed by atoms with Gasteiger partial charge < -0.3 is 5.32 Å². The van der Waals surface area contributed by atoms with Gasteiger partial charge >= 0.3 is 0 Å².